The van der Waals surface area contributed by atoms with E-state index in [1.807, 2.05) is 0 Å². The summed E-state index contributed by atoms with van der Waals surface area (Å²) in [4.78, 5) is 0. The smallest absolute Gasteiger partial charge is 0.123 e. The van der Waals surface area contributed by atoms with Crippen molar-refractivity contribution in [2.75, 3.05) is 11.9 Å². The summed E-state index contributed by atoms with van der Waals surface area (Å²) in [5.41, 5.74) is 5.72. The zero-order valence-electron chi connectivity index (χ0n) is 16.9. The molecule has 2 unspecified atom stereocenters. The van der Waals surface area contributed by atoms with Crippen LogP contribution in [0.3, 0.4) is 0 Å². The molecule has 3 aromatic rings. The van der Waals surface area contributed by atoms with Crippen molar-refractivity contribution in [2.24, 2.45) is 0 Å². The highest BCUT2D eigenvalue weighted by atomic mass is 79.9. The number of hydrogen-bond donors (Lipinski definition) is 0. The maximum absolute atomic E-state index is 6.28. The van der Waals surface area contributed by atoms with E-state index in [-0.39, 0.29) is 0 Å². The summed E-state index contributed by atoms with van der Waals surface area (Å²) in [7, 11) is 0. The molecule has 0 saturated heterocycles. The molecule has 0 amide bonds. The first-order chi connectivity index (χ1) is 14.4. The lowest BCUT2D eigenvalue weighted by Crippen LogP contribution is -2.19. The molecule has 0 aliphatic heterocycles. The summed E-state index contributed by atoms with van der Waals surface area (Å²) < 4.78 is 6.28. The van der Waals surface area contributed by atoms with Crippen LogP contribution in [0.2, 0.25) is 0 Å². The van der Waals surface area contributed by atoms with Crippen molar-refractivity contribution in [1.82, 2.24) is 0 Å². The van der Waals surface area contributed by atoms with Crippen molar-refractivity contribution in [3.8, 4) is 5.75 Å². The third-order valence-corrected chi connectivity index (χ3v) is 6.58. The Kier molecular flexibility index (Phi) is 7.05. The standard InChI is InChI=1S/C27H29BrO/c28-17-9-2-10-18-29-27-16-8-7-15-25(27)26-20-23(21-11-3-1-4-12-21)19-22-13-5-6-14-24(22)26/h1,3-8,11-16,23,26H,2,9-10,17-20H2. The van der Waals surface area contributed by atoms with Gasteiger partial charge in [0, 0.05) is 16.8 Å². The summed E-state index contributed by atoms with van der Waals surface area (Å²) in [6, 6.07) is 28.6. The van der Waals surface area contributed by atoms with Gasteiger partial charge in [-0.15, -0.1) is 0 Å². The number of fused-ring (bicyclic) bond motifs is 1. The minimum atomic E-state index is 0.379. The predicted octanol–water partition coefficient (Wildman–Crippen LogP) is 7.49. The molecule has 0 radical (unpaired) electrons. The van der Waals surface area contributed by atoms with Crippen LogP contribution in [0, 0.1) is 0 Å². The normalized spacial score (nSPS) is 18.2. The Hall–Kier alpha value is -2.06. The van der Waals surface area contributed by atoms with Crippen LogP contribution < -0.4 is 4.74 Å². The van der Waals surface area contributed by atoms with E-state index in [0.29, 0.717) is 11.8 Å². The highest BCUT2D eigenvalue weighted by molar-refractivity contribution is 9.09. The second-order valence-corrected chi connectivity index (χ2v) is 8.73. The molecular formula is C27H29BrO. The molecule has 0 heterocycles. The quantitative estimate of drug-likeness (QED) is 0.256. The summed E-state index contributed by atoms with van der Waals surface area (Å²) in [6.45, 7) is 0.792. The van der Waals surface area contributed by atoms with Gasteiger partial charge < -0.3 is 4.74 Å². The lowest BCUT2D eigenvalue weighted by Gasteiger charge is -2.33. The highest BCUT2D eigenvalue weighted by Crippen LogP contribution is 2.45. The van der Waals surface area contributed by atoms with Gasteiger partial charge in [-0.05, 0) is 60.8 Å². The van der Waals surface area contributed by atoms with Gasteiger partial charge in [0.2, 0.25) is 0 Å². The Balaban J connectivity index is 1.61. The second kappa shape index (κ2) is 10.1. The van der Waals surface area contributed by atoms with Gasteiger partial charge >= 0.3 is 0 Å². The maximum atomic E-state index is 6.28. The zero-order valence-corrected chi connectivity index (χ0v) is 18.5. The van der Waals surface area contributed by atoms with Crippen molar-refractivity contribution in [2.45, 2.75) is 43.9 Å². The van der Waals surface area contributed by atoms with E-state index in [9.17, 15) is 0 Å². The van der Waals surface area contributed by atoms with Crippen LogP contribution >= 0.6 is 15.9 Å². The van der Waals surface area contributed by atoms with Crippen LogP contribution in [0.4, 0.5) is 0 Å². The number of hydrogen-bond acceptors (Lipinski definition) is 1. The van der Waals surface area contributed by atoms with E-state index in [2.05, 4.69) is 94.8 Å². The van der Waals surface area contributed by atoms with Crippen molar-refractivity contribution in [1.29, 1.82) is 0 Å². The maximum Gasteiger partial charge on any atom is 0.123 e. The molecule has 0 N–H and O–H groups in total. The molecule has 0 fully saturated rings. The van der Waals surface area contributed by atoms with E-state index in [1.54, 1.807) is 0 Å². The lowest BCUT2D eigenvalue weighted by atomic mass is 9.71. The van der Waals surface area contributed by atoms with Crippen LogP contribution in [0.25, 0.3) is 0 Å². The van der Waals surface area contributed by atoms with Crippen LogP contribution in [-0.4, -0.2) is 11.9 Å². The molecule has 0 saturated carbocycles. The first-order valence-electron chi connectivity index (χ1n) is 10.8. The Morgan fingerprint density at radius 2 is 1.48 bits per heavy atom. The number of unbranched alkanes of at least 4 members (excludes halogenated alkanes) is 2. The van der Waals surface area contributed by atoms with E-state index >= 15 is 0 Å². The van der Waals surface area contributed by atoms with Crippen molar-refractivity contribution in [3.63, 3.8) is 0 Å². The average Bonchev–Trinajstić information content (AvgIpc) is 2.79. The fourth-order valence-corrected chi connectivity index (χ4v) is 4.95. The van der Waals surface area contributed by atoms with Crippen molar-refractivity contribution >= 4 is 15.9 Å². The van der Waals surface area contributed by atoms with Crippen molar-refractivity contribution < 1.29 is 4.74 Å². The van der Waals surface area contributed by atoms with Crippen LogP contribution in [0.15, 0.2) is 78.9 Å². The molecule has 0 aromatic heterocycles. The topological polar surface area (TPSA) is 9.23 Å². The fourth-order valence-electron chi connectivity index (χ4n) is 4.55. The minimum absolute atomic E-state index is 0.379. The molecular weight excluding hydrogens is 420 g/mol. The van der Waals surface area contributed by atoms with E-state index < -0.39 is 0 Å². The molecule has 29 heavy (non-hydrogen) atoms. The molecule has 150 valence electrons. The SMILES string of the molecule is BrCCCCCOc1ccccc1C1CC(c2ccccc2)Cc2ccccc21. The van der Waals surface area contributed by atoms with Gasteiger partial charge in [-0.25, -0.2) is 0 Å². The van der Waals surface area contributed by atoms with E-state index in [4.69, 9.17) is 4.74 Å². The molecule has 1 nitrogen and oxygen atoms in total. The van der Waals surface area contributed by atoms with Gasteiger partial charge in [0.05, 0.1) is 6.61 Å². The summed E-state index contributed by atoms with van der Waals surface area (Å²) in [6.07, 6.45) is 5.76. The number of halogens is 1. The van der Waals surface area contributed by atoms with Crippen LogP contribution in [-0.2, 0) is 6.42 Å². The monoisotopic (exact) mass is 448 g/mol. The van der Waals surface area contributed by atoms with E-state index in [0.717, 1.165) is 36.9 Å². The van der Waals surface area contributed by atoms with Gasteiger partial charge in [0.25, 0.3) is 0 Å². The number of rotatable bonds is 8. The van der Waals surface area contributed by atoms with Crippen LogP contribution in [0.1, 0.15) is 59.8 Å². The van der Waals surface area contributed by atoms with Crippen molar-refractivity contribution in [3.05, 3.63) is 101 Å². The molecule has 1 aliphatic carbocycles. The lowest BCUT2D eigenvalue weighted by molar-refractivity contribution is 0.301. The number of para-hydroxylation sites is 1. The number of ether oxygens (including phenoxy) is 1. The molecule has 0 spiro atoms. The van der Waals surface area contributed by atoms with E-state index in [1.165, 1.54) is 35.1 Å². The second-order valence-electron chi connectivity index (χ2n) is 7.93. The number of benzene rings is 3. The van der Waals surface area contributed by atoms with Gasteiger partial charge in [-0.2, -0.15) is 0 Å². The van der Waals surface area contributed by atoms with Crippen LogP contribution in [0.5, 0.6) is 5.75 Å². The first kappa shape index (κ1) is 20.2. The average molecular weight is 449 g/mol. The fraction of sp³-hybridized carbons (Fsp3) is 0.333. The number of alkyl halides is 1. The summed E-state index contributed by atoms with van der Waals surface area (Å²) in [5, 5.41) is 1.07. The third kappa shape index (κ3) is 4.93. The Labute approximate surface area is 183 Å². The highest BCUT2D eigenvalue weighted by Gasteiger charge is 2.30. The Bertz CT molecular complexity index is 905. The first-order valence-corrected chi connectivity index (χ1v) is 11.9. The molecule has 1 aliphatic rings. The Morgan fingerprint density at radius 3 is 2.31 bits per heavy atom. The Morgan fingerprint density at radius 1 is 0.759 bits per heavy atom. The predicted molar refractivity (Wildman–Crippen MR) is 125 cm³/mol. The molecule has 0 bridgehead atoms. The minimum Gasteiger partial charge on any atom is -0.493 e. The summed E-state index contributed by atoms with van der Waals surface area (Å²) in [5.74, 6) is 1.98. The zero-order chi connectivity index (χ0) is 19.9. The van der Waals surface area contributed by atoms with Gasteiger partial charge in [-0.3, -0.25) is 0 Å². The van der Waals surface area contributed by atoms with Gasteiger partial charge in [-0.1, -0.05) is 88.7 Å². The largest absolute Gasteiger partial charge is 0.493 e. The molecule has 2 atom stereocenters. The van der Waals surface area contributed by atoms with Gasteiger partial charge in [0.15, 0.2) is 0 Å². The molecule has 4 rings (SSSR count). The molecule has 3 aromatic carbocycles. The van der Waals surface area contributed by atoms with Gasteiger partial charge in [0.1, 0.15) is 5.75 Å². The summed E-state index contributed by atoms with van der Waals surface area (Å²) >= 11 is 3.51. The molecule has 2 heteroatoms. The third-order valence-electron chi connectivity index (χ3n) is 6.02.